The summed E-state index contributed by atoms with van der Waals surface area (Å²) < 4.78 is 0. The Morgan fingerprint density at radius 3 is 2.31 bits per heavy atom. The van der Waals surface area contributed by atoms with E-state index >= 15 is 0 Å². The first-order valence-corrected chi connectivity index (χ1v) is 5.08. The first kappa shape index (κ1) is 9.00. The Balaban J connectivity index is 2.26. The SMILES string of the molecule is CC1(C)C(=O)NCC12CCNCC2. The Hall–Kier alpha value is -0.570. The second kappa shape index (κ2) is 2.71. The van der Waals surface area contributed by atoms with Gasteiger partial charge in [0.05, 0.1) is 5.41 Å². The third kappa shape index (κ3) is 1.10. The van der Waals surface area contributed by atoms with Crippen LogP contribution in [-0.2, 0) is 4.79 Å². The van der Waals surface area contributed by atoms with Gasteiger partial charge in [0.2, 0.25) is 5.91 Å². The number of nitrogens with one attached hydrogen (secondary N) is 2. The molecule has 0 aromatic heterocycles. The van der Waals surface area contributed by atoms with Crippen LogP contribution in [0.25, 0.3) is 0 Å². The predicted molar refractivity (Wildman–Crippen MR) is 51.3 cm³/mol. The molecule has 2 fully saturated rings. The molecule has 0 bridgehead atoms. The summed E-state index contributed by atoms with van der Waals surface area (Å²) in [5.74, 6) is 0.231. The van der Waals surface area contributed by atoms with Crippen molar-refractivity contribution in [1.29, 1.82) is 0 Å². The maximum atomic E-state index is 11.6. The van der Waals surface area contributed by atoms with Crippen LogP contribution >= 0.6 is 0 Å². The molecule has 0 saturated carbocycles. The average Bonchev–Trinajstić information content (AvgIpc) is 2.33. The Morgan fingerprint density at radius 1 is 1.23 bits per heavy atom. The van der Waals surface area contributed by atoms with E-state index in [0.29, 0.717) is 0 Å². The van der Waals surface area contributed by atoms with E-state index in [2.05, 4.69) is 24.5 Å². The molecule has 74 valence electrons. The second-order valence-electron chi connectivity index (χ2n) is 4.84. The van der Waals surface area contributed by atoms with E-state index in [9.17, 15) is 4.79 Å². The molecule has 2 heterocycles. The highest BCUT2D eigenvalue weighted by Crippen LogP contribution is 2.48. The van der Waals surface area contributed by atoms with Gasteiger partial charge in [0, 0.05) is 12.0 Å². The van der Waals surface area contributed by atoms with Crippen molar-refractivity contribution in [2.75, 3.05) is 19.6 Å². The normalized spacial score (nSPS) is 30.5. The van der Waals surface area contributed by atoms with Crippen LogP contribution in [0.1, 0.15) is 26.7 Å². The summed E-state index contributed by atoms with van der Waals surface area (Å²) in [6, 6.07) is 0. The minimum atomic E-state index is -0.172. The molecule has 0 unspecified atom stereocenters. The Labute approximate surface area is 79.3 Å². The molecule has 2 rings (SSSR count). The first-order chi connectivity index (χ1) is 6.08. The lowest BCUT2D eigenvalue weighted by Gasteiger charge is -2.41. The molecular formula is C10H18N2O. The number of carbonyl (C=O) groups excluding carboxylic acids is 1. The fraction of sp³-hybridized carbons (Fsp3) is 0.900. The van der Waals surface area contributed by atoms with Crippen molar-refractivity contribution in [3.8, 4) is 0 Å². The largest absolute Gasteiger partial charge is 0.355 e. The van der Waals surface area contributed by atoms with E-state index in [4.69, 9.17) is 0 Å². The van der Waals surface area contributed by atoms with Crippen LogP contribution in [0.5, 0.6) is 0 Å². The highest BCUT2D eigenvalue weighted by molar-refractivity contribution is 5.85. The summed E-state index contributed by atoms with van der Waals surface area (Å²) in [6.45, 7) is 7.15. The molecule has 2 aliphatic rings. The number of carbonyl (C=O) groups is 1. The van der Waals surface area contributed by atoms with E-state index in [1.165, 1.54) is 0 Å². The molecule has 3 heteroatoms. The predicted octanol–water partition coefficient (Wildman–Crippen LogP) is 0.512. The molecule has 13 heavy (non-hydrogen) atoms. The zero-order valence-corrected chi connectivity index (χ0v) is 8.44. The maximum absolute atomic E-state index is 11.6. The van der Waals surface area contributed by atoms with E-state index in [1.54, 1.807) is 0 Å². The summed E-state index contributed by atoms with van der Waals surface area (Å²) in [4.78, 5) is 11.6. The first-order valence-electron chi connectivity index (χ1n) is 5.08. The van der Waals surface area contributed by atoms with Gasteiger partial charge >= 0.3 is 0 Å². The van der Waals surface area contributed by atoms with Gasteiger partial charge in [-0.05, 0) is 25.9 Å². The van der Waals surface area contributed by atoms with Gasteiger partial charge in [-0.3, -0.25) is 4.79 Å². The van der Waals surface area contributed by atoms with Crippen molar-refractivity contribution >= 4 is 5.91 Å². The molecule has 0 aromatic rings. The lowest BCUT2D eigenvalue weighted by atomic mass is 9.63. The summed E-state index contributed by atoms with van der Waals surface area (Å²) in [5.41, 5.74) is 0.0461. The number of amides is 1. The van der Waals surface area contributed by atoms with E-state index < -0.39 is 0 Å². The summed E-state index contributed by atoms with van der Waals surface area (Å²) >= 11 is 0. The molecule has 2 N–H and O–H groups in total. The Morgan fingerprint density at radius 2 is 1.85 bits per heavy atom. The van der Waals surface area contributed by atoms with Crippen LogP contribution < -0.4 is 10.6 Å². The standard InChI is InChI=1S/C10H18N2O/c1-9(2)8(13)12-7-10(9)3-5-11-6-4-10/h11H,3-7H2,1-2H3,(H,12,13). The minimum Gasteiger partial charge on any atom is -0.355 e. The lowest BCUT2D eigenvalue weighted by Crippen LogP contribution is -2.46. The van der Waals surface area contributed by atoms with Crippen molar-refractivity contribution in [2.24, 2.45) is 10.8 Å². The quantitative estimate of drug-likeness (QED) is 0.573. The molecule has 1 amide bonds. The fourth-order valence-corrected chi connectivity index (χ4v) is 2.64. The molecule has 0 atom stereocenters. The van der Waals surface area contributed by atoms with Crippen molar-refractivity contribution in [3.05, 3.63) is 0 Å². The third-order valence-corrected chi connectivity index (χ3v) is 4.04. The van der Waals surface area contributed by atoms with Crippen LogP contribution in [0.4, 0.5) is 0 Å². The number of hydrogen-bond donors (Lipinski definition) is 2. The summed E-state index contributed by atoms with van der Waals surface area (Å²) in [5, 5.41) is 6.35. The van der Waals surface area contributed by atoms with Crippen molar-refractivity contribution < 1.29 is 4.79 Å². The van der Waals surface area contributed by atoms with Crippen LogP contribution in [0.3, 0.4) is 0 Å². The van der Waals surface area contributed by atoms with Gasteiger partial charge in [-0.1, -0.05) is 13.8 Å². The molecule has 2 saturated heterocycles. The zero-order valence-electron chi connectivity index (χ0n) is 8.44. The highest BCUT2D eigenvalue weighted by Gasteiger charge is 2.54. The van der Waals surface area contributed by atoms with Crippen molar-refractivity contribution in [2.45, 2.75) is 26.7 Å². The maximum Gasteiger partial charge on any atom is 0.226 e. The topological polar surface area (TPSA) is 41.1 Å². The smallest absolute Gasteiger partial charge is 0.226 e. The van der Waals surface area contributed by atoms with Gasteiger partial charge in [-0.25, -0.2) is 0 Å². The number of rotatable bonds is 0. The molecule has 3 nitrogen and oxygen atoms in total. The summed E-state index contributed by atoms with van der Waals surface area (Å²) in [6.07, 6.45) is 2.25. The zero-order chi connectivity index (χ0) is 9.53. The minimum absolute atomic E-state index is 0.172. The lowest BCUT2D eigenvalue weighted by molar-refractivity contribution is -0.129. The van der Waals surface area contributed by atoms with Gasteiger partial charge < -0.3 is 10.6 Å². The van der Waals surface area contributed by atoms with Gasteiger partial charge in [0.25, 0.3) is 0 Å². The molecule has 0 aliphatic carbocycles. The van der Waals surface area contributed by atoms with Gasteiger partial charge in [-0.15, -0.1) is 0 Å². The van der Waals surface area contributed by atoms with Gasteiger partial charge in [0.1, 0.15) is 0 Å². The van der Waals surface area contributed by atoms with Crippen LogP contribution in [0.15, 0.2) is 0 Å². The molecular weight excluding hydrogens is 164 g/mol. The fourth-order valence-electron chi connectivity index (χ4n) is 2.64. The third-order valence-electron chi connectivity index (χ3n) is 4.04. The Kier molecular flexibility index (Phi) is 1.88. The van der Waals surface area contributed by atoms with Crippen LogP contribution in [0.2, 0.25) is 0 Å². The molecule has 0 aromatic carbocycles. The summed E-state index contributed by atoms with van der Waals surface area (Å²) in [7, 11) is 0. The highest BCUT2D eigenvalue weighted by atomic mass is 16.2. The monoisotopic (exact) mass is 182 g/mol. The van der Waals surface area contributed by atoms with Crippen LogP contribution in [0, 0.1) is 10.8 Å². The number of piperidine rings is 1. The second-order valence-corrected chi connectivity index (χ2v) is 4.84. The molecule has 1 spiro atoms. The van der Waals surface area contributed by atoms with Gasteiger partial charge in [-0.2, -0.15) is 0 Å². The Bertz CT molecular complexity index is 229. The number of hydrogen-bond acceptors (Lipinski definition) is 2. The van der Waals surface area contributed by atoms with Gasteiger partial charge in [0.15, 0.2) is 0 Å². The van der Waals surface area contributed by atoms with E-state index in [1.807, 2.05) is 0 Å². The van der Waals surface area contributed by atoms with E-state index in [0.717, 1.165) is 32.5 Å². The molecule has 0 radical (unpaired) electrons. The van der Waals surface area contributed by atoms with E-state index in [-0.39, 0.29) is 16.7 Å². The average molecular weight is 182 g/mol. The van der Waals surface area contributed by atoms with Crippen molar-refractivity contribution in [1.82, 2.24) is 10.6 Å². The van der Waals surface area contributed by atoms with Crippen molar-refractivity contribution in [3.63, 3.8) is 0 Å². The van der Waals surface area contributed by atoms with Crippen LogP contribution in [-0.4, -0.2) is 25.5 Å². The molecule has 2 aliphatic heterocycles.